The summed E-state index contributed by atoms with van der Waals surface area (Å²) in [4.78, 5) is 22.7. The van der Waals surface area contributed by atoms with E-state index in [1.807, 2.05) is 0 Å². The third-order valence-corrected chi connectivity index (χ3v) is 2.24. The average molecular weight is 216 g/mol. The highest BCUT2D eigenvalue weighted by Gasteiger charge is 2.33. The van der Waals surface area contributed by atoms with Crippen LogP contribution in [-0.2, 0) is 19.1 Å². The van der Waals surface area contributed by atoms with E-state index in [0.717, 1.165) is 0 Å². The highest BCUT2D eigenvalue weighted by atomic mass is 16.5. The van der Waals surface area contributed by atoms with Crippen molar-refractivity contribution in [2.75, 3.05) is 13.7 Å². The number of rotatable bonds is 5. The van der Waals surface area contributed by atoms with Gasteiger partial charge >= 0.3 is 11.9 Å². The van der Waals surface area contributed by atoms with Gasteiger partial charge in [-0.25, -0.2) is 0 Å². The first-order valence-corrected chi connectivity index (χ1v) is 5.10. The summed E-state index contributed by atoms with van der Waals surface area (Å²) in [7, 11) is 1.35. The van der Waals surface area contributed by atoms with Gasteiger partial charge in [0, 0.05) is 0 Å². The zero-order valence-electron chi connectivity index (χ0n) is 10.1. The van der Waals surface area contributed by atoms with Crippen LogP contribution in [0, 0.1) is 11.3 Å². The highest BCUT2D eigenvalue weighted by molar-refractivity contribution is 5.78. The van der Waals surface area contributed by atoms with Gasteiger partial charge in [0.25, 0.3) is 0 Å². The molecule has 15 heavy (non-hydrogen) atoms. The molecule has 0 radical (unpaired) electrons. The summed E-state index contributed by atoms with van der Waals surface area (Å²) in [6, 6.07) is 0. The van der Waals surface area contributed by atoms with E-state index in [4.69, 9.17) is 4.74 Å². The summed E-state index contributed by atoms with van der Waals surface area (Å²) in [5, 5.41) is 0. The topological polar surface area (TPSA) is 52.6 Å². The molecule has 0 aromatic heterocycles. The molecule has 4 heteroatoms. The molecule has 88 valence electrons. The van der Waals surface area contributed by atoms with Gasteiger partial charge in [-0.05, 0) is 27.2 Å². The second-order valence-electron chi connectivity index (χ2n) is 4.23. The van der Waals surface area contributed by atoms with Crippen molar-refractivity contribution in [2.45, 2.75) is 34.1 Å². The molecular weight excluding hydrogens is 196 g/mol. The monoisotopic (exact) mass is 216 g/mol. The zero-order valence-corrected chi connectivity index (χ0v) is 10.1. The molecule has 0 amide bonds. The lowest BCUT2D eigenvalue weighted by atomic mass is 9.83. The van der Waals surface area contributed by atoms with Gasteiger partial charge in [0.15, 0.2) is 0 Å². The van der Waals surface area contributed by atoms with Gasteiger partial charge in [-0.2, -0.15) is 0 Å². The Morgan fingerprint density at radius 3 is 2.27 bits per heavy atom. The van der Waals surface area contributed by atoms with Crippen LogP contribution in [0.4, 0.5) is 0 Å². The number of ether oxygens (including phenoxy) is 2. The second kappa shape index (κ2) is 5.73. The van der Waals surface area contributed by atoms with E-state index in [1.54, 1.807) is 27.7 Å². The smallest absolute Gasteiger partial charge is 0.311 e. The van der Waals surface area contributed by atoms with Crippen molar-refractivity contribution in [3.05, 3.63) is 0 Å². The van der Waals surface area contributed by atoms with Crippen LogP contribution in [0.1, 0.15) is 34.1 Å². The third kappa shape index (κ3) is 4.32. The standard InChI is InChI=1S/C11H20O4/c1-6-15-9(12)8(2)7-11(3,4)10(13)14-5/h8H,6-7H2,1-5H3. The number of carbonyl (C=O) groups is 2. The Morgan fingerprint density at radius 1 is 1.33 bits per heavy atom. The van der Waals surface area contributed by atoms with E-state index in [-0.39, 0.29) is 17.9 Å². The SMILES string of the molecule is CCOC(=O)C(C)CC(C)(C)C(=O)OC. The van der Waals surface area contributed by atoms with Crippen molar-refractivity contribution < 1.29 is 19.1 Å². The minimum absolute atomic E-state index is 0.269. The van der Waals surface area contributed by atoms with Crippen molar-refractivity contribution in [3.63, 3.8) is 0 Å². The Balaban J connectivity index is 4.32. The molecule has 0 fully saturated rings. The number of carbonyl (C=O) groups excluding carboxylic acids is 2. The van der Waals surface area contributed by atoms with Gasteiger partial charge in [-0.1, -0.05) is 6.92 Å². The van der Waals surface area contributed by atoms with Gasteiger partial charge in [0.05, 0.1) is 25.0 Å². The summed E-state index contributed by atoms with van der Waals surface area (Å²) < 4.78 is 9.54. The van der Waals surface area contributed by atoms with Gasteiger partial charge in [-0.3, -0.25) is 9.59 Å². The molecule has 0 aliphatic carbocycles. The Labute approximate surface area is 90.9 Å². The zero-order chi connectivity index (χ0) is 12.1. The summed E-state index contributed by atoms with van der Waals surface area (Å²) in [6.07, 6.45) is 0.429. The first-order valence-electron chi connectivity index (χ1n) is 5.10. The fourth-order valence-corrected chi connectivity index (χ4v) is 1.49. The van der Waals surface area contributed by atoms with Crippen molar-refractivity contribution in [1.82, 2.24) is 0 Å². The Hall–Kier alpha value is -1.06. The molecule has 4 nitrogen and oxygen atoms in total. The summed E-state index contributed by atoms with van der Waals surface area (Å²) in [5.74, 6) is -0.868. The van der Waals surface area contributed by atoms with E-state index in [1.165, 1.54) is 7.11 Å². The van der Waals surface area contributed by atoms with Crippen molar-refractivity contribution >= 4 is 11.9 Å². The molecule has 0 rings (SSSR count). The molecule has 1 atom stereocenters. The average Bonchev–Trinajstić information content (AvgIpc) is 2.16. The summed E-state index contributed by atoms with van der Waals surface area (Å²) in [5.41, 5.74) is -0.652. The molecule has 0 spiro atoms. The van der Waals surface area contributed by atoms with Gasteiger partial charge in [-0.15, -0.1) is 0 Å². The molecule has 1 unspecified atom stereocenters. The Kier molecular flexibility index (Phi) is 5.33. The van der Waals surface area contributed by atoms with E-state index < -0.39 is 5.41 Å². The molecule has 0 saturated carbocycles. The van der Waals surface area contributed by atoms with Crippen molar-refractivity contribution in [1.29, 1.82) is 0 Å². The Bertz CT molecular complexity index is 233. The normalized spacial score (nSPS) is 13.1. The number of methoxy groups -OCH3 is 1. The fraction of sp³-hybridized carbons (Fsp3) is 0.818. The van der Waals surface area contributed by atoms with E-state index in [9.17, 15) is 9.59 Å². The first-order chi connectivity index (χ1) is 6.85. The second-order valence-corrected chi connectivity index (χ2v) is 4.23. The quantitative estimate of drug-likeness (QED) is 0.657. The van der Waals surface area contributed by atoms with Crippen molar-refractivity contribution in [3.8, 4) is 0 Å². The highest BCUT2D eigenvalue weighted by Crippen LogP contribution is 2.27. The third-order valence-electron chi connectivity index (χ3n) is 2.24. The lowest BCUT2D eigenvalue weighted by Gasteiger charge is -2.24. The van der Waals surface area contributed by atoms with Crippen LogP contribution < -0.4 is 0 Å². The number of hydrogen-bond acceptors (Lipinski definition) is 4. The van der Waals surface area contributed by atoms with Crippen LogP contribution in [0.2, 0.25) is 0 Å². The lowest BCUT2D eigenvalue weighted by molar-refractivity contribution is -0.154. The van der Waals surface area contributed by atoms with E-state index >= 15 is 0 Å². The predicted molar refractivity (Wildman–Crippen MR) is 56.2 cm³/mol. The predicted octanol–water partition coefficient (Wildman–Crippen LogP) is 1.77. The molecule has 0 aromatic carbocycles. The fourth-order valence-electron chi connectivity index (χ4n) is 1.49. The lowest BCUT2D eigenvalue weighted by Crippen LogP contribution is -2.30. The van der Waals surface area contributed by atoms with Crippen LogP contribution in [0.5, 0.6) is 0 Å². The van der Waals surface area contributed by atoms with Crippen LogP contribution in [-0.4, -0.2) is 25.7 Å². The van der Waals surface area contributed by atoms with Gasteiger partial charge < -0.3 is 9.47 Å². The molecule has 0 aliphatic heterocycles. The van der Waals surface area contributed by atoms with Crippen LogP contribution in [0.3, 0.4) is 0 Å². The van der Waals surface area contributed by atoms with Gasteiger partial charge in [0.2, 0.25) is 0 Å². The maximum atomic E-state index is 11.4. The number of hydrogen-bond donors (Lipinski definition) is 0. The van der Waals surface area contributed by atoms with E-state index in [2.05, 4.69) is 4.74 Å². The number of esters is 2. The van der Waals surface area contributed by atoms with Crippen LogP contribution in [0.15, 0.2) is 0 Å². The van der Waals surface area contributed by atoms with Crippen LogP contribution in [0.25, 0.3) is 0 Å². The minimum Gasteiger partial charge on any atom is -0.469 e. The molecule has 0 N–H and O–H groups in total. The Morgan fingerprint density at radius 2 is 1.87 bits per heavy atom. The molecule has 0 aliphatic rings. The molecule has 0 saturated heterocycles. The molecule has 0 aromatic rings. The van der Waals surface area contributed by atoms with Crippen molar-refractivity contribution in [2.24, 2.45) is 11.3 Å². The molecule has 0 bridgehead atoms. The van der Waals surface area contributed by atoms with E-state index in [0.29, 0.717) is 13.0 Å². The maximum absolute atomic E-state index is 11.4. The molecule has 0 heterocycles. The first kappa shape index (κ1) is 13.9. The van der Waals surface area contributed by atoms with Crippen LogP contribution >= 0.6 is 0 Å². The summed E-state index contributed by atoms with van der Waals surface area (Å²) in [6.45, 7) is 7.39. The minimum atomic E-state index is -0.652. The molecular formula is C11H20O4. The maximum Gasteiger partial charge on any atom is 0.311 e. The largest absolute Gasteiger partial charge is 0.469 e. The summed E-state index contributed by atoms with van der Waals surface area (Å²) >= 11 is 0. The van der Waals surface area contributed by atoms with Gasteiger partial charge in [0.1, 0.15) is 0 Å².